The SMILES string of the molecule is CCOc1ncc([N+](=O)[O-])cc1-c1nc2cn(C)nc2c(=O)[nH]1. The fraction of sp³-hybridized carbons (Fsp3) is 0.231. The van der Waals surface area contributed by atoms with E-state index in [1.165, 1.54) is 10.7 Å². The maximum atomic E-state index is 12.1. The van der Waals surface area contributed by atoms with Crippen molar-refractivity contribution in [2.75, 3.05) is 6.61 Å². The van der Waals surface area contributed by atoms with E-state index < -0.39 is 10.5 Å². The van der Waals surface area contributed by atoms with E-state index in [-0.39, 0.29) is 28.5 Å². The number of aromatic nitrogens is 5. The Morgan fingerprint density at radius 3 is 2.96 bits per heavy atom. The molecule has 0 spiro atoms. The molecule has 3 heterocycles. The molecule has 0 saturated heterocycles. The second-order valence-electron chi connectivity index (χ2n) is 4.69. The molecule has 0 aliphatic carbocycles. The monoisotopic (exact) mass is 316 g/mol. The molecule has 0 bridgehead atoms. The summed E-state index contributed by atoms with van der Waals surface area (Å²) in [5, 5.41) is 15.0. The van der Waals surface area contributed by atoms with Crippen LogP contribution in [0.1, 0.15) is 6.92 Å². The summed E-state index contributed by atoms with van der Waals surface area (Å²) in [5.41, 5.74) is 0.133. The molecular weight excluding hydrogens is 304 g/mol. The molecule has 0 aliphatic rings. The topological polar surface area (TPSA) is 129 Å². The minimum Gasteiger partial charge on any atom is -0.477 e. The molecule has 1 N–H and O–H groups in total. The van der Waals surface area contributed by atoms with Crippen LogP contribution < -0.4 is 10.3 Å². The Labute approximate surface area is 128 Å². The Hall–Kier alpha value is -3.30. The average molecular weight is 316 g/mol. The van der Waals surface area contributed by atoms with Crippen molar-refractivity contribution < 1.29 is 9.66 Å². The van der Waals surface area contributed by atoms with Crippen LogP contribution in [-0.4, -0.2) is 36.3 Å². The summed E-state index contributed by atoms with van der Waals surface area (Å²) in [6, 6.07) is 1.26. The predicted molar refractivity (Wildman–Crippen MR) is 80.2 cm³/mol. The van der Waals surface area contributed by atoms with Gasteiger partial charge in [0.05, 0.1) is 23.3 Å². The number of H-pyrrole nitrogens is 1. The first-order chi connectivity index (χ1) is 11.0. The van der Waals surface area contributed by atoms with Gasteiger partial charge in [-0.05, 0) is 6.92 Å². The molecule has 0 fully saturated rings. The largest absolute Gasteiger partial charge is 0.477 e. The molecule has 3 aromatic rings. The van der Waals surface area contributed by atoms with Gasteiger partial charge in [0.2, 0.25) is 5.88 Å². The van der Waals surface area contributed by atoms with E-state index in [0.29, 0.717) is 12.1 Å². The lowest BCUT2D eigenvalue weighted by atomic mass is 10.2. The molecule has 0 aromatic carbocycles. The van der Waals surface area contributed by atoms with Gasteiger partial charge < -0.3 is 9.72 Å². The van der Waals surface area contributed by atoms with Crippen LogP contribution in [0, 0.1) is 10.1 Å². The van der Waals surface area contributed by atoms with E-state index in [1.54, 1.807) is 20.2 Å². The normalized spacial score (nSPS) is 10.9. The fourth-order valence-corrected chi connectivity index (χ4v) is 2.12. The van der Waals surface area contributed by atoms with Crippen LogP contribution >= 0.6 is 0 Å². The van der Waals surface area contributed by atoms with E-state index in [9.17, 15) is 14.9 Å². The molecule has 10 heteroatoms. The van der Waals surface area contributed by atoms with Gasteiger partial charge in [-0.25, -0.2) is 9.97 Å². The Balaban J connectivity index is 2.25. The summed E-state index contributed by atoms with van der Waals surface area (Å²) in [7, 11) is 1.67. The Bertz CT molecular complexity index is 961. The van der Waals surface area contributed by atoms with Gasteiger partial charge in [-0.1, -0.05) is 0 Å². The van der Waals surface area contributed by atoms with Crippen LogP contribution in [0.3, 0.4) is 0 Å². The molecule has 0 unspecified atom stereocenters. The Kier molecular flexibility index (Phi) is 3.48. The summed E-state index contributed by atoms with van der Waals surface area (Å²) in [5.74, 6) is 0.291. The maximum absolute atomic E-state index is 12.1. The quantitative estimate of drug-likeness (QED) is 0.562. The first-order valence-electron chi connectivity index (χ1n) is 6.71. The van der Waals surface area contributed by atoms with Crippen molar-refractivity contribution in [2.24, 2.45) is 7.05 Å². The number of nitrogens with zero attached hydrogens (tertiary/aromatic N) is 5. The highest BCUT2D eigenvalue weighted by atomic mass is 16.6. The average Bonchev–Trinajstić information content (AvgIpc) is 2.88. The molecule has 118 valence electrons. The van der Waals surface area contributed by atoms with Crippen molar-refractivity contribution in [3.63, 3.8) is 0 Å². The van der Waals surface area contributed by atoms with Gasteiger partial charge in [0, 0.05) is 13.1 Å². The predicted octanol–water partition coefficient (Wildman–Crippen LogP) is 1.03. The number of nitro groups is 1. The van der Waals surface area contributed by atoms with Gasteiger partial charge in [0.1, 0.15) is 17.5 Å². The lowest BCUT2D eigenvalue weighted by Crippen LogP contribution is -2.10. The van der Waals surface area contributed by atoms with E-state index in [2.05, 4.69) is 20.1 Å². The lowest BCUT2D eigenvalue weighted by Gasteiger charge is -2.07. The zero-order valence-corrected chi connectivity index (χ0v) is 12.3. The van der Waals surface area contributed by atoms with Crippen molar-refractivity contribution in [3.8, 4) is 17.3 Å². The highest BCUT2D eigenvalue weighted by Gasteiger charge is 2.18. The number of fused-ring (bicyclic) bond motifs is 1. The van der Waals surface area contributed by atoms with Crippen LogP contribution in [0.25, 0.3) is 22.4 Å². The number of hydrogen-bond acceptors (Lipinski definition) is 7. The molecule has 0 aliphatic heterocycles. The van der Waals surface area contributed by atoms with E-state index in [4.69, 9.17) is 4.74 Å². The van der Waals surface area contributed by atoms with Gasteiger partial charge in [-0.3, -0.25) is 19.6 Å². The summed E-state index contributed by atoms with van der Waals surface area (Å²) in [4.78, 5) is 33.3. The van der Waals surface area contributed by atoms with Crippen LogP contribution in [-0.2, 0) is 7.05 Å². The molecule has 3 rings (SSSR count). The van der Waals surface area contributed by atoms with Gasteiger partial charge in [-0.2, -0.15) is 5.10 Å². The summed E-state index contributed by atoms with van der Waals surface area (Å²) < 4.78 is 6.83. The molecule has 0 atom stereocenters. The van der Waals surface area contributed by atoms with E-state index in [0.717, 1.165) is 6.20 Å². The van der Waals surface area contributed by atoms with E-state index >= 15 is 0 Å². The number of ether oxygens (including phenoxy) is 1. The summed E-state index contributed by atoms with van der Waals surface area (Å²) >= 11 is 0. The van der Waals surface area contributed by atoms with E-state index in [1.807, 2.05) is 0 Å². The smallest absolute Gasteiger partial charge is 0.288 e. The van der Waals surface area contributed by atoms with Crippen molar-refractivity contribution >= 4 is 16.7 Å². The molecule has 3 aromatic heterocycles. The molecular formula is C13H12N6O4. The maximum Gasteiger partial charge on any atom is 0.288 e. The molecule has 0 radical (unpaired) electrons. The minimum absolute atomic E-state index is 0.134. The Morgan fingerprint density at radius 1 is 1.48 bits per heavy atom. The van der Waals surface area contributed by atoms with Gasteiger partial charge in [-0.15, -0.1) is 0 Å². The number of nitrogens with one attached hydrogen (secondary N) is 1. The molecule has 0 amide bonds. The second kappa shape index (κ2) is 5.48. The third kappa shape index (κ3) is 2.61. The van der Waals surface area contributed by atoms with Gasteiger partial charge >= 0.3 is 0 Å². The van der Waals surface area contributed by atoms with Crippen molar-refractivity contribution in [1.29, 1.82) is 0 Å². The van der Waals surface area contributed by atoms with Crippen molar-refractivity contribution in [2.45, 2.75) is 6.92 Å². The first-order valence-corrected chi connectivity index (χ1v) is 6.71. The lowest BCUT2D eigenvalue weighted by molar-refractivity contribution is -0.385. The number of aromatic amines is 1. The van der Waals surface area contributed by atoms with Crippen molar-refractivity contribution in [3.05, 3.63) is 38.9 Å². The summed E-state index contributed by atoms with van der Waals surface area (Å²) in [6.07, 6.45) is 2.68. The molecule has 23 heavy (non-hydrogen) atoms. The Morgan fingerprint density at radius 2 is 2.26 bits per heavy atom. The number of rotatable bonds is 4. The highest BCUT2D eigenvalue weighted by molar-refractivity contribution is 5.76. The molecule has 10 nitrogen and oxygen atoms in total. The first kappa shape index (κ1) is 14.6. The van der Waals surface area contributed by atoms with Gasteiger partial charge in [0.25, 0.3) is 11.2 Å². The summed E-state index contributed by atoms with van der Waals surface area (Å²) in [6.45, 7) is 2.07. The fourth-order valence-electron chi connectivity index (χ4n) is 2.12. The molecule has 0 saturated carbocycles. The van der Waals surface area contributed by atoms with Crippen LogP contribution in [0.4, 0.5) is 5.69 Å². The van der Waals surface area contributed by atoms with Crippen molar-refractivity contribution in [1.82, 2.24) is 24.7 Å². The second-order valence-corrected chi connectivity index (χ2v) is 4.69. The van der Waals surface area contributed by atoms with Gasteiger partial charge in [0.15, 0.2) is 5.52 Å². The van der Waals surface area contributed by atoms with Crippen LogP contribution in [0.5, 0.6) is 5.88 Å². The van der Waals surface area contributed by atoms with Crippen LogP contribution in [0.2, 0.25) is 0 Å². The standard InChI is InChI=1S/C13H12N6O4/c1-3-23-13-8(4-7(5-14-13)19(21)22)11-15-9-6-18(2)17-10(9)12(20)16-11/h4-6H,3H2,1-2H3,(H,15,16,20). The highest BCUT2D eigenvalue weighted by Crippen LogP contribution is 2.29. The third-order valence-electron chi connectivity index (χ3n) is 3.07. The van der Waals surface area contributed by atoms with Crippen LogP contribution in [0.15, 0.2) is 23.3 Å². The number of pyridine rings is 1. The zero-order chi connectivity index (χ0) is 16.6. The number of hydrogen-bond donors (Lipinski definition) is 1. The number of aryl methyl sites for hydroxylation is 1. The minimum atomic E-state index is -0.576. The zero-order valence-electron chi connectivity index (χ0n) is 12.3. The third-order valence-corrected chi connectivity index (χ3v) is 3.07.